The number of nitrogens with zero attached hydrogens (tertiary/aromatic N) is 1. The standard InChI is InChI=1S/C38H63NO8/c1-7-8-9-22-10-11-28-23(16-22)21(3)33(47-28)34(44)37(6,45)29-13-15-38(46)30-24(12-14-36(29,38)5)35(4)18-27(42)26(41)17-25(35)32(43)31(30)39-19-20(2)40/h20-30,33-34,40-42,44-46H,7-19H2,1-6H3/t20-,21-,22+,23-,24-,25-,26+,27-,28+,29-,30-,33+,34+,35+,36+,37+,38+/m0/s1. The molecule has 0 aromatic rings. The van der Waals surface area contributed by atoms with Crippen molar-refractivity contribution in [2.45, 2.75) is 166 Å². The van der Waals surface area contributed by atoms with Crippen LogP contribution in [0.25, 0.3) is 0 Å². The zero-order chi connectivity index (χ0) is 34.3. The van der Waals surface area contributed by atoms with E-state index in [1.165, 1.54) is 19.3 Å². The molecule has 268 valence electrons. The number of aliphatic hydroxyl groups excluding tert-OH is 4. The number of Topliss-reactive ketones (excluding diaryl/α,β-unsaturated/α-hetero) is 1. The third-order valence-electron chi connectivity index (χ3n) is 15.1. The summed E-state index contributed by atoms with van der Waals surface area (Å²) in [6.07, 6.45) is 5.16. The highest BCUT2D eigenvalue weighted by Crippen LogP contribution is 2.69. The molecular formula is C38H63NO8. The fourth-order valence-corrected chi connectivity index (χ4v) is 12.4. The van der Waals surface area contributed by atoms with Crippen molar-refractivity contribution in [3.05, 3.63) is 0 Å². The third-order valence-corrected chi connectivity index (χ3v) is 15.1. The molecule has 6 rings (SSSR count). The SMILES string of the molecule is CCCC[C@@H]1CC[C@H]2O[C@@H]([C@@H](O)[C@](C)(O)[C@H]3CC[C@@]4(O)[C@@H]5C(=NC[C@H](C)O)C(=O)[C@@H]6C[C@@H](O)[C@@H](O)C[C@]6(C)[C@H]5CC[C@]34C)[C@@H](C)[C@@H]2C1. The predicted molar refractivity (Wildman–Crippen MR) is 179 cm³/mol. The van der Waals surface area contributed by atoms with Crippen LogP contribution in [0, 0.1) is 52.3 Å². The lowest BCUT2D eigenvalue weighted by Crippen LogP contribution is -2.70. The molecule has 5 aliphatic carbocycles. The Hall–Kier alpha value is -0.940. The van der Waals surface area contributed by atoms with Crippen molar-refractivity contribution in [3.63, 3.8) is 0 Å². The van der Waals surface area contributed by atoms with E-state index in [1.54, 1.807) is 13.8 Å². The summed E-state index contributed by atoms with van der Waals surface area (Å²) >= 11 is 0. The molecule has 5 saturated carbocycles. The first-order valence-electron chi connectivity index (χ1n) is 18.9. The normalized spacial score (nSPS) is 51.4. The zero-order valence-electron chi connectivity index (χ0n) is 29.6. The Labute approximate surface area is 281 Å². The first-order chi connectivity index (χ1) is 22.0. The molecule has 9 nitrogen and oxygen atoms in total. The first kappa shape index (κ1) is 35.9. The van der Waals surface area contributed by atoms with Crippen molar-refractivity contribution in [1.82, 2.24) is 0 Å². The molecule has 1 saturated heterocycles. The fourth-order valence-electron chi connectivity index (χ4n) is 12.4. The minimum Gasteiger partial charge on any atom is -0.391 e. The molecule has 0 bridgehead atoms. The molecule has 1 heterocycles. The van der Waals surface area contributed by atoms with Crippen LogP contribution in [0.2, 0.25) is 0 Å². The summed E-state index contributed by atoms with van der Waals surface area (Å²) in [5.41, 5.74) is -4.13. The van der Waals surface area contributed by atoms with Crippen LogP contribution < -0.4 is 0 Å². The van der Waals surface area contributed by atoms with Crippen molar-refractivity contribution < 1.29 is 40.2 Å². The largest absolute Gasteiger partial charge is 0.391 e. The maximum atomic E-state index is 14.3. The van der Waals surface area contributed by atoms with Crippen molar-refractivity contribution in [2.75, 3.05) is 6.54 Å². The maximum absolute atomic E-state index is 14.3. The predicted octanol–water partition coefficient (Wildman–Crippen LogP) is 3.82. The van der Waals surface area contributed by atoms with Gasteiger partial charge in [0.05, 0.1) is 54.0 Å². The molecule has 0 radical (unpaired) electrons. The summed E-state index contributed by atoms with van der Waals surface area (Å²) in [6.45, 7) is 11.8. The number of ketones is 1. The van der Waals surface area contributed by atoms with Crippen LogP contribution in [0.1, 0.15) is 119 Å². The van der Waals surface area contributed by atoms with Crippen molar-refractivity contribution >= 4 is 11.5 Å². The molecule has 17 atom stereocenters. The van der Waals surface area contributed by atoms with Crippen LogP contribution in [-0.4, -0.2) is 96.5 Å². The molecular weight excluding hydrogens is 598 g/mol. The summed E-state index contributed by atoms with van der Waals surface area (Å²) in [4.78, 5) is 19.0. The zero-order valence-corrected chi connectivity index (χ0v) is 29.6. The van der Waals surface area contributed by atoms with Gasteiger partial charge in [0.1, 0.15) is 6.10 Å². The van der Waals surface area contributed by atoms with E-state index in [-0.39, 0.29) is 48.8 Å². The second-order valence-electron chi connectivity index (χ2n) is 17.8. The summed E-state index contributed by atoms with van der Waals surface area (Å²) in [5.74, 6) is -0.842. The number of carbonyl (C=O) groups is 1. The van der Waals surface area contributed by atoms with Crippen molar-refractivity contribution in [2.24, 2.45) is 57.2 Å². The van der Waals surface area contributed by atoms with E-state index in [0.717, 1.165) is 19.3 Å². The van der Waals surface area contributed by atoms with Gasteiger partial charge in [-0.25, -0.2) is 0 Å². The van der Waals surface area contributed by atoms with Gasteiger partial charge in [-0.2, -0.15) is 0 Å². The second kappa shape index (κ2) is 12.7. The van der Waals surface area contributed by atoms with Gasteiger partial charge >= 0.3 is 0 Å². The highest BCUT2D eigenvalue weighted by Gasteiger charge is 2.73. The molecule has 0 spiro atoms. The van der Waals surface area contributed by atoms with Crippen LogP contribution >= 0.6 is 0 Å². The summed E-state index contributed by atoms with van der Waals surface area (Å²) in [7, 11) is 0. The molecule has 0 unspecified atom stereocenters. The highest BCUT2D eigenvalue weighted by molar-refractivity contribution is 6.42. The Morgan fingerprint density at radius 1 is 1.06 bits per heavy atom. The van der Waals surface area contributed by atoms with Gasteiger partial charge in [-0.1, -0.05) is 47.0 Å². The van der Waals surface area contributed by atoms with E-state index < -0.39 is 70.3 Å². The number of hydrogen-bond acceptors (Lipinski definition) is 9. The monoisotopic (exact) mass is 661 g/mol. The Morgan fingerprint density at radius 2 is 1.79 bits per heavy atom. The van der Waals surface area contributed by atoms with Crippen LogP contribution in [0.5, 0.6) is 0 Å². The average molecular weight is 662 g/mol. The number of hydrogen-bond donors (Lipinski definition) is 6. The molecule has 6 aliphatic rings. The maximum Gasteiger partial charge on any atom is 0.180 e. The van der Waals surface area contributed by atoms with Gasteiger partial charge < -0.3 is 35.4 Å². The number of carbonyl (C=O) groups excluding carboxylic acids is 1. The Morgan fingerprint density at radius 3 is 2.47 bits per heavy atom. The molecule has 0 aromatic carbocycles. The quantitative estimate of drug-likeness (QED) is 0.229. The Bertz CT molecular complexity index is 1210. The first-order valence-corrected chi connectivity index (χ1v) is 18.9. The summed E-state index contributed by atoms with van der Waals surface area (Å²) in [6, 6.07) is 0. The number of rotatable bonds is 8. The van der Waals surface area contributed by atoms with E-state index >= 15 is 0 Å². The smallest absolute Gasteiger partial charge is 0.180 e. The Kier molecular flexibility index (Phi) is 9.68. The summed E-state index contributed by atoms with van der Waals surface area (Å²) in [5, 5.41) is 69.1. The molecule has 6 fully saturated rings. The van der Waals surface area contributed by atoms with Crippen LogP contribution in [-0.2, 0) is 9.53 Å². The molecule has 9 heteroatoms. The molecule has 47 heavy (non-hydrogen) atoms. The minimum atomic E-state index is -1.55. The molecule has 0 amide bonds. The van der Waals surface area contributed by atoms with Crippen molar-refractivity contribution in [3.8, 4) is 0 Å². The number of ether oxygens (including phenoxy) is 1. The van der Waals surface area contributed by atoms with Crippen LogP contribution in [0.3, 0.4) is 0 Å². The van der Waals surface area contributed by atoms with Crippen LogP contribution in [0.4, 0.5) is 0 Å². The fraction of sp³-hybridized carbons (Fsp3) is 0.947. The molecule has 1 aliphatic heterocycles. The number of aliphatic hydroxyl groups is 6. The van der Waals surface area contributed by atoms with Gasteiger partial charge in [-0.3, -0.25) is 9.79 Å². The van der Waals surface area contributed by atoms with Crippen LogP contribution in [0.15, 0.2) is 4.99 Å². The lowest BCUT2D eigenvalue weighted by molar-refractivity contribution is -0.223. The number of unbranched alkanes of at least 4 members (excludes halogenated alkanes) is 1. The molecule has 6 N–H and O–H groups in total. The highest BCUT2D eigenvalue weighted by atomic mass is 16.5. The minimum absolute atomic E-state index is 0.0318. The van der Waals surface area contributed by atoms with E-state index in [9.17, 15) is 35.4 Å². The second-order valence-corrected chi connectivity index (χ2v) is 17.8. The van der Waals surface area contributed by atoms with E-state index in [4.69, 9.17) is 9.73 Å². The van der Waals surface area contributed by atoms with E-state index in [2.05, 4.69) is 13.8 Å². The lowest BCUT2D eigenvalue weighted by atomic mass is 9.42. The number of aliphatic imine (C=N–C) groups is 1. The van der Waals surface area contributed by atoms with Crippen molar-refractivity contribution in [1.29, 1.82) is 0 Å². The molecule has 0 aromatic heterocycles. The van der Waals surface area contributed by atoms with Gasteiger partial charge in [0.25, 0.3) is 0 Å². The summed E-state index contributed by atoms with van der Waals surface area (Å²) < 4.78 is 6.59. The third kappa shape index (κ3) is 5.52. The topological polar surface area (TPSA) is 160 Å². The van der Waals surface area contributed by atoms with E-state index in [1.807, 2.05) is 13.8 Å². The van der Waals surface area contributed by atoms with Gasteiger partial charge in [0.2, 0.25) is 0 Å². The average Bonchev–Trinajstić information content (AvgIpc) is 3.49. The lowest BCUT2D eigenvalue weighted by Gasteiger charge is -2.64. The Balaban J connectivity index is 1.30. The number of fused-ring (bicyclic) bond motifs is 6. The van der Waals surface area contributed by atoms with Gasteiger partial charge in [0.15, 0.2) is 5.78 Å². The van der Waals surface area contributed by atoms with Gasteiger partial charge in [-0.05, 0) is 107 Å². The van der Waals surface area contributed by atoms with Gasteiger partial charge in [-0.15, -0.1) is 0 Å². The van der Waals surface area contributed by atoms with E-state index in [0.29, 0.717) is 37.5 Å². The van der Waals surface area contributed by atoms with Gasteiger partial charge in [0, 0.05) is 17.3 Å².